The van der Waals surface area contributed by atoms with E-state index < -0.39 is 84.3 Å². The first-order valence-electron chi connectivity index (χ1n) is 19.1. The summed E-state index contributed by atoms with van der Waals surface area (Å²) in [6, 6.07) is -3.27. The van der Waals surface area contributed by atoms with Crippen molar-refractivity contribution in [1.29, 1.82) is 0 Å². The SMILES string of the molecule is CO/C(C)=C1\NC(=O)[C@H]([C@H](C)O)NC(=O)c2csc(n2)-c2cc(O)c(-c3nc(C(N)=O)cs3)nc2-c2csc(n2)[C@H](CO)NC(=O)c2csc(n2)[C@H]([C@H](O)[C@@H](O)C(=O)O)NC(=O)c2csc1n2. The van der Waals surface area contributed by atoms with Crippen molar-refractivity contribution < 1.29 is 64.1 Å². The lowest BCUT2D eigenvalue weighted by molar-refractivity contribution is -0.154. The molecule has 1 aliphatic rings. The molecule has 0 fully saturated rings. The zero-order chi connectivity index (χ0) is 48.4. The van der Waals surface area contributed by atoms with Gasteiger partial charge < -0.3 is 62.4 Å². The number of rotatable bonds is 8. The van der Waals surface area contributed by atoms with Crippen molar-refractivity contribution in [2.45, 2.75) is 50.3 Å². The van der Waals surface area contributed by atoms with Crippen molar-refractivity contribution in [2.24, 2.45) is 5.73 Å². The number of pyridine rings is 1. The number of allylic oxidation sites excluding steroid dienone is 1. The molecule has 24 nitrogen and oxygen atoms in total. The van der Waals surface area contributed by atoms with Crippen LogP contribution < -0.4 is 27.0 Å². The number of aromatic nitrogens is 6. The maximum absolute atomic E-state index is 13.8. The first kappa shape index (κ1) is 48.2. The topological polar surface area (TPSA) is 385 Å². The van der Waals surface area contributed by atoms with Gasteiger partial charge in [-0.3, -0.25) is 24.0 Å². The molecule has 67 heavy (non-hydrogen) atoms. The van der Waals surface area contributed by atoms with Gasteiger partial charge in [-0.2, -0.15) is 0 Å². The summed E-state index contributed by atoms with van der Waals surface area (Å²) in [5, 5.41) is 80.3. The summed E-state index contributed by atoms with van der Waals surface area (Å²) in [4.78, 5) is 105. The van der Waals surface area contributed by atoms with Crippen molar-refractivity contribution in [3.63, 3.8) is 0 Å². The Kier molecular flexibility index (Phi) is 14.4. The maximum atomic E-state index is 13.8. The number of carboxylic acids is 1. The second-order valence-electron chi connectivity index (χ2n) is 14.1. The van der Waals surface area contributed by atoms with E-state index >= 15 is 0 Å². The molecular formula is C38H35N11O13S5. The van der Waals surface area contributed by atoms with Gasteiger partial charge in [-0.25, -0.2) is 34.7 Å². The molecule has 0 aliphatic carbocycles. The standard InChI is InChI=1S/C38H35N11O13S5/c1-11(51)21-32(59)48-22(12(2)62-3)35-44-19(10-66-35)31(58)49-25(26(53)27(54)38(60)61)37-45-17(9-67-37)29(56)40-14(5-50)34-41-15(6-64-34)23-13(33-43-18(8-63-33)30(57)47-21)4-20(52)24(46-23)36-42-16(7-65-36)28(39)55/h4,6-11,14,21,25-27,50-54H,5H2,1-3H3,(H2,39,55)(H,40,56)(H,47,57)(H,48,59)(H,49,58)(H,60,61)/b22-12-/t11-,14-,21-,25-,26-,27+/m0/s1. The third kappa shape index (κ3) is 10.2. The number of aliphatic hydroxyl groups is 4. The van der Waals surface area contributed by atoms with Crippen LogP contribution in [-0.2, 0) is 14.3 Å². The molecule has 7 heterocycles. The average molecular weight is 1010 g/mol. The summed E-state index contributed by atoms with van der Waals surface area (Å²) in [6.45, 7) is 2.01. The van der Waals surface area contributed by atoms with Crippen molar-refractivity contribution in [2.75, 3.05) is 13.7 Å². The maximum Gasteiger partial charge on any atom is 0.335 e. The molecule has 12 N–H and O–H groups in total. The number of fused-ring (bicyclic) bond motifs is 11. The van der Waals surface area contributed by atoms with Gasteiger partial charge in [0.25, 0.3) is 23.6 Å². The fraction of sp³-hybridized carbons (Fsp3) is 0.263. The van der Waals surface area contributed by atoms with E-state index in [0.29, 0.717) is 0 Å². The summed E-state index contributed by atoms with van der Waals surface area (Å²) in [5.74, 6) is -6.74. The number of thiazole rings is 5. The zero-order valence-electron chi connectivity index (χ0n) is 34.5. The number of carbonyl (C=O) groups excluding carboxylic acids is 5. The van der Waals surface area contributed by atoms with Gasteiger partial charge in [0, 0.05) is 32.5 Å². The van der Waals surface area contributed by atoms with Gasteiger partial charge in [0.15, 0.2) is 6.10 Å². The first-order valence-corrected chi connectivity index (χ1v) is 23.5. The van der Waals surface area contributed by atoms with E-state index in [1.54, 1.807) is 0 Å². The predicted octanol–water partition coefficient (Wildman–Crippen LogP) is 0.854. The van der Waals surface area contributed by atoms with Crippen LogP contribution in [0.15, 0.2) is 38.7 Å². The number of methoxy groups -OCH3 is 1. The number of amides is 5. The van der Waals surface area contributed by atoms with Gasteiger partial charge in [-0.1, -0.05) is 0 Å². The highest BCUT2D eigenvalue weighted by molar-refractivity contribution is 7.14. The molecule has 8 bridgehead atoms. The van der Waals surface area contributed by atoms with E-state index in [4.69, 9.17) is 10.5 Å². The molecule has 5 amide bonds. The molecule has 0 aromatic carbocycles. The lowest BCUT2D eigenvalue weighted by atomic mass is 10.1. The number of aliphatic hydroxyl groups excluding tert-OH is 4. The molecule has 0 radical (unpaired) electrons. The summed E-state index contributed by atoms with van der Waals surface area (Å²) < 4.78 is 5.37. The molecule has 1 aliphatic heterocycles. The van der Waals surface area contributed by atoms with E-state index in [1.165, 1.54) is 53.9 Å². The number of hydrogen-bond donors (Lipinski definition) is 11. The minimum Gasteiger partial charge on any atom is -0.506 e. The fourth-order valence-electron chi connectivity index (χ4n) is 6.07. The Morgan fingerprint density at radius 1 is 0.746 bits per heavy atom. The van der Waals surface area contributed by atoms with Gasteiger partial charge in [-0.15, -0.1) is 56.7 Å². The highest BCUT2D eigenvalue weighted by Crippen LogP contribution is 2.41. The summed E-state index contributed by atoms with van der Waals surface area (Å²) in [7, 11) is 1.28. The number of nitrogens with two attached hydrogens (primary N) is 1. The predicted molar refractivity (Wildman–Crippen MR) is 240 cm³/mol. The second kappa shape index (κ2) is 20.0. The Bertz CT molecular complexity index is 2940. The van der Waals surface area contributed by atoms with Gasteiger partial charge in [0.1, 0.15) is 106 Å². The van der Waals surface area contributed by atoms with Crippen LogP contribution >= 0.6 is 56.7 Å². The van der Waals surface area contributed by atoms with Crippen LogP contribution in [0.4, 0.5) is 0 Å². The normalized spacial score (nSPS) is 19.2. The van der Waals surface area contributed by atoms with Crippen LogP contribution in [0.5, 0.6) is 5.75 Å². The van der Waals surface area contributed by atoms with Crippen LogP contribution in [0, 0.1) is 0 Å². The summed E-state index contributed by atoms with van der Waals surface area (Å²) in [6.07, 6.45) is -6.17. The van der Waals surface area contributed by atoms with E-state index in [0.717, 1.165) is 56.7 Å². The van der Waals surface area contributed by atoms with E-state index in [-0.39, 0.29) is 81.9 Å². The zero-order valence-corrected chi connectivity index (χ0v) is 38.6. The minimum absolute atomic E-state index is 0.0119. The molecule has 29 heteroatoms. The number of carbonyl (C=O) groups is 6. The third-order valence-electron chi connectivity index (χ3n) is 9.61. The highest BCUT2D eigenvalue weighted by Gasteiger charge is 2.37. The fourth-order valence-corrected chi connectivity index (χ4v) is 10.3. The van der Waals surface area contributed by atoms with E-state index in [2.05, 4.69) is 51.2 Å². The lowest BCUT2D eigenvalue weighted by Crippen LogP contribution is -2.52. The smallest absolute Gasteiger partial charge is 0.335 e. The summed E-state index contributed by atoms with van der Waals surface area (Å²) >= 11 is 4.46. The number of aliphatic carboxylic acids is 1. The largest absolute Gasteiger partial charge is 0.506 e. The first-order chi connectivity index (χ1) is 31.9. The number of aromatic hydroxyl groups is 1. The molecular weight excluding hydrogens is 979 g/mol. The highest BCUT2D eigenvalue weighted by atomic mass is 32.1. The Hall–Kier alpha value is -6.70. The molecule has 6 aromatic heterocycles. The Morgan fingerprint density at radius 2 is 1.31 bits per heavy atom. The number of primary amides is 1. The molecule has 350 valence electrons. The molecule has 0 unspecified atom stereocenters. The Labute approximate surface area is 395 Å². The Balaban J connectivity index is 1.35. The van der Waals surface area contributed by atoms with Crippen molar-refractivity contribution in [1.82, 2.24) is 51.2 Å². The quantitative estimate of drug-likeness (QED) is 0.0942. The van der Waals surface area contributed by atoms with E-state index in [1.807, 2.05) is 0 Å². The monoisotopic (exact) mass is 1010 g/mol. The number of nitrogens with zero attached hydrogens (tertiary/aromatic N) is 6. The molecule has 7 rings (SSSR count). The van der Waals surface area contributed by atoms with Crippen LogP contribution in [0.25, 0.3) is 38.4 Å². The van der Waals surface area contributed by atoms with Gasteiger partial charge in [-0.05, 0) is 19.9 Å². The summed E-state index contributed by atoms with van der Waals surface area (Å²) in [5.41, 5.74) is 4.66. The second-order valence-corrected chi connectivity index (χ2v) is 18.5. The molecule has 0 spiro atoms. The van der Waals surface area contributed by atoms with Crippen molar-refractivity contribution in [3.8, 4) is 38.4 Å². The molecule has 6 atom stereocenters. The van der Waals surface area contributed by atoms with Crippen molar-refractivity contribution >= 4 is 97.9 Å². The molecule has 0 saturated heterocycles. The molecule has 6 aromatic rings. The van der Waals surface area contributed by atoms with E-state index in [9.17, 15) is 59.4 Å². The minimum atomic E-state index is -2.45. The average Bonchev–Trinajstić information content (AvgIpc) is 4.16. The van der Waals surface area contributed by atoms with Crippen LogP contribution in [0.3, 0.4) is 0 Å². The number of nitrogens with one attached hydrogen (secondary N) is 4. The van der Waals surface area contributed by atoms with Gasteiger partial charge in [0.05, 0.1) is 19.8 Å². The van der Waals surface area contributed by atoms with Crippen molar-refractivity contribution in [3.05, 3.63) is 76.5 Å². The number of hydrogen-bond acceptors (Lipinski definition) is 23. The Morgan fingerprint density at radius 3 is 1.94 bits per heavy atom. The van der Waals surface area contributed by atoms with Crippen LogP contribution in [-0.4, -0.2) is 134 Å². The third-order valence-corrected chi connectivity index (χ3v) is 14.1. The number of ether oxygens (including phenoxy) is 1. The van der Waals surface area contributed by atoms with Gasteiger partial charge in [0.2, 0.25) is 5.91 Å². The van der Waals surface area contributed by atoms with Crippen LogP contribution in [0.2, 0.25) is 0 Å². The number of carboxylic acid groups (broad SMARTS) is 1. The molecule has 0 saturated carbocycles. The van der Waals surface area contributed by atoms with Gasteiger partial charge >= 0.3 is 5.97 Å². The van der Waals surface area contributed by atoms with Crippen LogP contribution in [0.1, 0.15) is 82.9 Å². The lowest BCUT2D eigenvalue weighted by Gasteiger charge is -2.24.